The van der Waals surface area contributed by atoms with E-state index in [1.165, 1.54) is 0 Å². The predicted octanol–water partition coefficient (Wildman–Crippen LogP) is 1.78. The summed E-state index contributed by atoms with van der Waals surface area (Å²) in [4.78, 5) is 38.2. The highest BCUT2D eigenvalue weighted by molar-refractivity contribution is 5.99. The molecule has 2 aromatic rings. The van der Waals surface area contributed by atoms with Gasteiger partial charge in [0.15, 0.2) is 6.61 Å². The summed E-state index contributed by atoms with van der Waals surface area (Å²) < 4.78 is 10.6. The van der Waals surface area contributed by atoms with Crippen LogP contribution in [-0.4, -0.2) is 42.3 Å². The maximum Gasteiger partial charge on any atom is 0.262 e. The number of hydrogen-bond acceptors (Lipinski definition) is 5. The Morgan fingerprint density at radius 2 is 2.04 bits per heavy atom. The Kier molecular flexibility index (Phi) is 5.01. The van der Waals surface area contributed by atoms with E-state index in [1.54, 1.807) is 35.4 Å². The Morgan fingerprint density at radius 3 is 2.79 bits per heavy atom. The van der Waals surface area contributed by atoms with E-state index in [0.29, 0.717) is 55.2 Å². The third-order valence-electron chi connectivity index (χ3n) is 5.03. The number of anilines is 1. The minimum atomic E-state index is -0.209. The number of fused-ring (bicyclic) bond motifs is 1. The molecular weight excluding hydrogens is 362 g/mol. The standard InChI is InChI=1S/C20H21N3O5/c24-18-12-28-17-10-14(3-4-16(17)22-18)20(26)23-7-5-13(6-8-23)19(25)21-11-15-2-1-9-27-15/h1-4,9-10,13H,5-8,11-12H2,(H,21,25)(H,22,24). The van der Waals surface area contributed by atoms with E-state index in [9.17, 15) is 14.4 Å². The van der Waals surface area contributed by atoms with Gasteiger partial charge in [-0.3, -0.25) is 14.4 Å². The quantitative estimate of drug-likeness (QED) is 0.838. The normalized spacial score (nSPS) is 16.7. The van der Waals surface area contributed by atoms with Gasteiger partial charge in [-0.25, -0.2) is 0 Å². The first-order valence-electron chi connectivity index (χ1n) is 9.26. The average molecular weight is 383 g/mol. The van der Waals surface area contributed by atoms with E-state index in [1.807, 2.05) is 6.07 Å². The highest BCUT2D eigenvalue weighted by atomic mass is 16.5. The largest absolute Gasteiger partial charge is 0.482 e. The molecule has 4 rings (SSSR count). The van der Waals surface area contributed by atoms with Gasteiger partial charge in [-0.15, -0.1) is 0 Å². The first-order chi connectivity index (χ1) is 13.6. The molecule has 28 heavy (non-hydrogen) atoms. The minimum Gasteiger partial charge on any atom is -0.482 e. The number of furan rings is 1. The van der Waals surface area contributed by atoms with Crippen LogP contribution in [0.5, 0.6) is 5.75 Å². The molecule has 1 aromatic heterocycles. The van der Waals surface area contributed by atoms with Crippen molar-refractivity contribution in [2.75, 3.05) is 25.0 Å². The monoisotopic (exact) mass is 383 g/mol. The fourth-order valence-electron chi connectivity index (χ4n) is 3.47. The van der Waals surface area contributed by atoms with E-state index >= 15 is 0 Å². The molecular formula is C20H21N3O5. The summed E-state index contributed by atoms with van der Waals surface area (Å²) in [5.74, 6) is 0.781. The number of carbonyl (C=O) groups is 3. The zero-order valence-corrected chi connectivity index (χ0v) is 15.3. The number of piperidine rings is 1. The first kappa shape index (κ1) is 18.1. The van der Waals surface area contributed by atoms with Gasteiger partial charge in [0, 0.05) is 24.6 Å². The first-order valence-corrected chi connectivity index (χ1v) is 9.26. The Labute approximate surface area is 161 Å². The lowest BCUT2D eigenvalue weighted by molar-refractivity contribution is -0.126. The highest BCUT2D eigenvalue weighted by Gasteiger charge is 2.28. The summed E-state index contributed by atoms with van der Waals surface area (Å²) in [5.41, 5.74) is 1.08. The van der Waals surface area contributed by atoms with Gasteiger partial charge in [0.25, 0.3) is 11.8 Å². The summed E-state index contributed by atoms with van der Waals surface area (Å²) >= 11 is 0. The van der Waals surface area contributed by atoms with Crippen LogP contribution >= 0.6 is 0 Å². The van der Waals surface area contributed by atoms with Crippen LogP contribution in [0.25, 0.3) is 0 Å². The summed E-state index contributed by atoms with van der Waals surface area (Å²) in [6, 6.07) is 8.60. The number of ether oxygens (including phenoxy) is 1. The van der Waals surface area contributed by atoms with Gasteiger partial charge in [-0.05, 0) is 43.2 Å². The van der Waals surface area contributed by atoms with Gasteiger partial charge in [-0.1, -0.05) is 0 Å². The van der Waals surface area contributed by atoms with Crippen molar-refractivity contribution < 1.29 is 23.5 Å². The van der Waals surface area contributed by atoms with E-state index < -0.39 is 0 Å². The number of amides is 3. The lowest BCUT2D eigenvalue weighted by atomic mass is 9.95. The lowest BCUT2D eigenvalue weighted by Gasteiger charge is -2.31. The number of benzene rings is 1. The van der Waals surface area contributed by atoms with Crippen molar-refractivity contribution in [2.24, 2.45) is 5.92 Å². The Hall–Kier alpha value is -3.29. The Bertz CT molecular complexity index is 885. The van der Waals surface area contributed by atoms with Crippen molar-refractivity contribution in [3.63, 3.8) is 0 Å². The molecule has 2 aliphatic heterocycles. The second-order valence-corrected chi connectivity index (χ2v) is 6.91. The molecule has 3 amide bonds. The summed E-state index contributed by atoms with van der Waals surface area (Å²) in [5, 5.41) is 5.59. The van der Waals surface area contributed by atoms with Crippen LogP contribution in [0.4, 0.5) is 5.69 Å². The number of nitrogens with zero attached hydrogens (tertiary/aromatic N) is 1. The maximum absolute atomic E-state index is 12.8. The van der Waals surface area contributed by atoms with E-state index in [4.69, 9.17) is 9.15 Å². The van der Waals surface area contributed by atoms with Crippen molar-refractivity contribution in [1.29, 1.82) is 0 Å². The van der Waals surface area contributed by atoms with Gasteiger partial charge in [0.05, 0.1) is 18.5 Å². The predicted molar refractivity (Wildman–Crippen MR) is 99.7 cm³/mol. The molecule has 8 nitrogen and oxygen atoms in total. The molecule has 2 N–H and O–H groups in total. The van der Waals surface area contributed by atoms with E-state index in [0.717, 1.165) is 0 Å². The maximum atomic E-state index is 12.8. The van der Waals surface area contributed by atoms with Crippen molar-refractivity contribution in [3.05, 3.63) is 47.9 Å². The fraction of sp³-hybridized carbons (Fsp3) is 0.350. The molecule has 0 atom stereocenters. The topological polar surface area (TPSA) is 101 Å². The zero-order chi connectivity index (χ0) is 19.5. The molecule has 8 heteroatoms. The SMILES string of the molecule is O=C1COc2cc(C(=O)N3CCC(C(=O)NCc4ccco4)CC3)ccc2N1. The Balaban J connectivity index is 1.31. The fourth-order valence-corrected chi connectivity index (χ4v) is 3.47. The van der Waals surface area contributed by atoms with E-state index in [2.05, 4.69) is 10.6 Å². The van der Waals surface area contributed by atoms with Crippen LogP contribution in [0.3, 0.4) is 0 Å². The van der Waals surface area contributed by atoms with Gasteiger partial charge >= 0.3 is 0 Å². The van der Waals surface area contributed by atoms with Crippen LogP contribution < -0.4 is 15.4 Å². The van der Waals surface area contributed by atoms with Crippen molar-refractivity contribution >= 4 is 23.4 Å². The minimum absolute atomic E-state index is 0.0126. The van der Waals surface area contributed by atoms with Crippen LogP contribution in [0.2, 0.25) is 0 Å². The molecule has 0 spiro atoms. The third-order valence-corrected chi connectivity index (χ3v) is 5.03. The summed E-state index contributed by atoms with van der Waals surface area (Å²) in [6.45, 7) is 1.36. The van der Waals surface area contributed by atoms with Crippen LogP contribution in [0.15, 0.2) is 41.0 Å². The number of carbonyl (C=O) groups excluding carboxylic acids is 3. The smallest absolute Gasteiger partial charge is 0.262 e. The molecule has 3 heterocycles. The third kappa shape index (κ3) is 3.85. The van der Waals surface area contributed by atoms with Crippen molar-refractivity contribution in [3.8, 4) is 5.75 Å². The second kappa shape index (κ2) is 7.75. The number of likely N-dealkylation sites (tertiary alicyclic amines) is 1. The molecule has 1 fully saturated rings. The number of rotatable bonds is 4. The molecule has 146 valence electrons. The molecule has 1 aromatic carbocycles. The molecule has 0 aliphatic carbocycles. The van der Waals surface area contributed by atoms with Crippen LogP contribution in [0, 0.1) is 5.92 Å². The van der Waals surface area contributed by atoms with Crippen molar-refractivity contribution in [1.82, 2.24) is 10.2 Å². The van der Waals surface area contributed by atoms with Gasteiger partial charge in [0.2, 0.25) is 5.91 Å². The van der Waals surface area contributed by atoms with Gasteiger partial charge < -0.3 is 24.7 Å². The number of nitrogens with one attached hydrogen (secondary N) is 2. The molecule has 1 saturated heterocycles. The number of hydrogen-bond donors (Lipinski definition) is 2. The average Bonchev–Trinajstić information content (AvgIpc) is 3.25. The second-order valence-electron chi connectivity index (χ2n) is 6.91. The molecule has 0 bridgehead atoms. The summed E-state index contributed by atoms with van der Waals surface area (Å²) in [6.07, 6.45) is 2.81. The molecule has 0 unspecified atom stereocenters. The van der Waals surface area contributed by atoms with Crippen LogP contribution in [-0.2, 0) is 16.1 Å². The van der Waals surface area contributed by atoms with Gasteiger partial charge in [-0.2, -0.15) is 0 Å². The highest BCUT2D eigenvalue weighted by Crippen LogP contribution is 2.29. The van der Waals surface area contributed by atoms with Gasteiger partial charge in [0.1, 0.15) is 11.5 Å². The van der Waals surface area contributed by atoms with Crippen molar-refractivity contribution in [2.45, 2.75) is 19.4 Å². The van der Waals surface area contributed by atoms with Crippen LogP contribution in [0.1, 0.15) is 29.0 Å². The lowest BCUT2D eigenvalue weighted by Crippen LogP contribution is -2.43. The Morgan fingerprint density at radius 1 is 1.21 bits per heavy atom. The molecule has 0 radical (unpaired) electrons. The summed E-state index contributed by atoms with van der Waals surface area (Å²) in [7, 11) is 0. The zero-order valence-electron chi connectivity index (χ0n) is 15.3. The molecule has 2 aliphatic rings. The molecule has 0 saturated carbocycles. The van der Waals surface area contributed by atoms with E-state index in [-0.39, 0.29) is 30.2 Å².